The minimum absolute atomic E-state index is 0.246. The maximum Gasteiger partial charge on any atom is 0.282 e. The van der Waals surface area contributed by atoms with Gasteiger partial charge in [0.1, 0.15) is 10.3 Å². The van der Waals surface area contributed by atoms with Crippen molar-refractivity contribution in [1.29, 1.82) is 0 Å². The van der Waals surface area contributed by atoms with Crippen molar-refractivity contribution < 1.29 is 4.39 Å². The molecule has 1 aromatic carbocycles. The highest BCUT2D eigenvalue weighted by Crippen LogP contribution is 2.19. The summed E-state index contributed by atoms with van der Waals surface area (Å²) in [5.74, 6) is -0.337. The molecule has 0 spiro atoms. The summed E-state index contributed by atoms with van der Waals surface area (Å²) in [7, 11) is 0. The Morgan fingerprint density at radius 1 is 1.22 bits per heavy atom. The normalized spacial score (nSPS) is 10.7. The average molecular weight is 441 g/mol. The molecule has 1 heterocycles. The van der Waals surface area contributed by atoms with Crippen LogP contribution in [0.5, 0.6) is 0 Å². The van der Waals surface area contributed by atoms with Crippen LogP contribution in [0.1, 0.15) is 5.56 Å². The van der Waals surface area contributed by atoms with E-state index in [9.17, 15) is 9.18 Å². The van der Waals surface area contributed by atoms with Gasteiger partial charge in [-0.2, -0.15) is 5.10 Å². The molecule has 94 valence electrons. The van der Waals surface area contributed by atoms with Crippen LogP contribution in [-0.2, 0) is 6.54 Å². The van der Waals surface area contributed by atoms with Gasteiger partial charge in [-0.05, 0) is 65.5 Å². The van der Waals surface area contributed by atoms with Crippen LogP contribution in [-0.4, -0.2) is 9.78 Å². The van der Waals surface area contributed by atoms with Crippen LogP contribution in [0.15, 0.2) is 42.6 Å². The zero-order valence-electron chi connectivity index (χ0n) is 8.83. The van der Waals surface area contributed by atoms with Gasteiger partial charge in [-0.25, -0.2) is 9.07 Å². The first-order valence-electron chi connectivity index (χ1n) is 4.84. The highest BCUT2D eigenvalue weighted by Gasteiger charge is 2.08. The second kappa shape index (κ2) is 5.63. The molecule has 7 heteroatoms. The van der Waals surface area contributed by atoms with Crippen molar-refractivity contribution in [2.75, 3.05) is 0 Å². The molecule has 18 heavy (non-hydrogen) atoms. The summed E-state index contributed by atoms with van der Waals surface area (Å²) in [6.45, 7) is 0.281. The summed E-state index contributed by atoms with van der Waals surface area (Å²) in [4.78, 5) is 11.9. The quantitative estimate of drug-likeness (QED) is 0.713. The van der Waals surface area contributed by atoms with Crippen molar-refractivity contribution in [3.8, 4) is 0 Å². The summed E-state index contributed by atoms with van der Waals surface area (Å²) >= 11 is 9.49. The van der Waals surface area contributed by atoms with E-state index in [2.05, 4.69) is 52.9 Å². The molecule has 0 aliphatic heterocycles. The molecule has 2 aromatic rings. The zero-order chi connectivity index (χ0) is 13.3. The smallest absolute Gasteiger partial charge is 0.266 e. The van der Waals surface area contributed by atoms with Crippen molar-refractivity contribution in [3.05, 3.63) is 59.5 Å². The van der Waals surface area contributed by atoms with Crippen molar-refractivity contribution >= 4 is 47.8 Å². The number of rotatable bonds is 2. The van der Waals surface area contributed by atoms with Crippen molar-refractivity contribution in [2.45, 2.75) is 6.54 Å². The molecule has 0 atom stereocenters. The first kappa shape index (κ1) is 13.9. The van der Waals surface area contributed by atoms with Gasteiger partial charge in [0.15, 0.2) is 0 Å². The first-order chi connectivity index (χ1) is 8.49. The summed E-state index contributed by atoms with van der Waals surface area (Å²) in [6.07, 6.45) is 1.53. The van der Waals surface area contributed by atoms with Crippen LogP contribution in [0, 0.1) is 5.82 Å². The van der Waals surface area contributed by atoms with E-state index in [-0.39, 0.29) is 17.9 Å². The number of halogens is 4. The first-order valence-corrected chi connectivity index (χ1v) is 7.22. The molecule has 0 saturated carbocycles. The largest absolute Gasteiger partial charge is 0.282 e. The minimum atomic E-state index is -0.337. The van der Waals surface area contributed by atoms with Gasteiger partial charge in [0.25, 0.3) is 5.56 Å². The number of nitrogens with zero attached hydrogens (tertiary/aromatic N) is 2. The van der Waals surface area contributed by atoms with Crippen LogP contribution in [0.4, 0.5) is 4.39 Å². The molecule has 0 bridgehead atoms. The Morgan fingerprint density at radius 3 is 2.61 bits per heavy atom. The highest BCUT2D eigenvalue weighted by atomic mass is 79.9. The monoisotopic (exact) mass is 438 g/mol. The van der Waals surface area contributed by atoms with Crippen molar-refractivity contribution in [1.82, 2.24) is 9.78 Å². The Balaban J connectivity index is 2.37. The fourth-order valence-corrected chi connectivity index (χ4v) is 2.36. The van der Waals surface area contributed by atoms with E-state index in [0.717, 1.165) is 5.56 Å². The molecule has 1 aromatic heterocycles. The third-order valence-corrected chi connectivity index (χ3v) is 4.77. The Morgan fingerprint density at radius 2 is 1.94 bits per heavy atom. The molecule has 0 radical (unpaired) electrons. The van der Waals surface area contributed by atoms with Crippen molar-refractivity contribution in [2.24, 2.45) is 0 Å². The Bertz CT molecular complexity index is 657. The molecular formula is C11H6Br3FN2O. The van der Waals surface area contributed by atoms with Gasteiger partial charge in [-0.1, -0.05) is 6.07 Å². The zero-order valence-corrected chi connectivity index (χ0v) is 13.6. The van der Waals surface area contributed by atoms with Gasteiger partial charge < -0.3 is 0 Å². The highest BCUT2D eigenvalue weighted by molar-refractivity contribution is 9.13. The van der Waals surface area contributed by atoms with Gasteiger partial charge in [-0.3, -0.25) is 4.79 Å². The van der Waals surface area contributed by atoms with E-state index >= 15 is 0 Å². The topological polar surface area (TPSA) is 34.9 Å². The maximum absolute atomic E-state index is 13.1. The lowest BCUT2D eigenvalue weighted by molar-refractivity contribution is 0.611. The van der Waals surface area contributed by atoms with Gasteiger partial charge in [-0.15, -0.1) is 0 Å². The standard InChI is InChI=1S/C11H6Br3FN2O/c12-7-3-6(1-2-9(7)15)5-17-11(18)10(14)8(13)4-16-17/h1-4H,5H2. The van der Waals surface area contributed by atoms with E-state index in [1.54, 1.807) is 12.1 Å². The predicted octanol–water partition coefficient (Wildman–Crippen LogP) is 3.72. The molecular weight excluding hydrogens is 435 g/mol. The minimum Gasteiger partial charge on any atom is -0.266 e. The van der Waals surface area contributed by atoms with Crippen molar-refractivity contribution in [3.63, 3.8) is 0 Å². The molecule has 0 aliphatic rings. The number of hydrogen-bond donors (Lipinski definition) is 0. The molecule has 0 N–H and O–H groups in total. The van der Waals surface area contributed by atoms with Gasteiger partial charge in [0.2, 0.25) is 0 Å². The molecule has 0 saturated heterocycles. The lowest BCUT2D eigenvalue weighted by atomic mass is 10.2. The average Bonchev–Trinajstić information content (AvgIpc) is 2.34. The number of hydrogen-bond acceptors (Lipinski definition) is 2. The second-order valence-electron chi connectivity index (χ2n) is 3.52. The SMILES string of the molecule is O=c1c(Br)c(Br)cnn1Cc1ccc(F)c(Br)c1. The Labute approximate surface area is 127 Å². The van der Waals surface area contributed by atoms with Gasteiger partial charge in [0, 0.05) is 0 Å². The van der Waals surface area contributed by atoms with E-state index in [4.69, 9.17) is 0 Å². The predicted molar refractivity (Wildman–Crippen MR) is 77.1 cm³/mol. The summed E-state index contributed by atoms with van der Waals surface area (Å²) in [5.41, 5.74) is 0.539. The van der Waals surface area contributed by atoms with Gasteiger partial charge in [0.05, 0.1) is 21.7 Å². The molecule has 0 amide bonds. The van der Waals surface area contributed by atoms with Crippen LogP contribution in [0.2, 0.25) is 0 Å². The van der Waals surface area contributed by atoms with Crippen LogP contribution < -0.4 is 5.56 Å². The van der Waals surface area contributed by atoms with E-state index < -0.39 is 0 Å². The molecule has 3 nitrogen and oxygen atoms in total. The summed E-state index contributed by atoms with van der Waals surface area (Å²) in [6, 6.07) is 4.59. The third kappa shape index (κ3) is 2.89. The van der Waals surface area contributed by atoms with Gasteiger partial charge >= 0.3 is 0 Å². The van der Waals surface area contributed by atoms with Crippen LogP contribution >= 0.6 is 47.8 Å². The van der Waals surface area contributed by atoms with E-state index in [1.807, 2.05) is 0 Å². The van der Waals surface area contributed by atoms with Crippen LogP contribution in [0.3, 0.4) is 0 Å². The maximum atomic E-state index is 13.1. The van der Waals surface area contributed by atoms with E-state index in [0.29, 0.717) is 13.4 Å². The molecule has 2 rings (SSSR count). The number of aromatic nitrogens is 2. The summed E-state index contributed by atoms with van der Waals surface area (Å²) < 4.78 is 15.8. The molecule has 0 unspecified atom stereocenters. The van der Waals surface area contributed by atoms with E-state index in [1.165, 1.54) is 16.9 Å². The third-order valence-electron chi connectivity index (χ3n) is 2.26. The molecule has 0 fully saturated rings. The lowest BCUT2D eigenvalue weighted by Gasteiger charge is -2.06. The lowest BCUT2D eigenvalue weighted by Crippen LogP contribution is -2.24. The Kier molecular flexibility index (Phi) is 4.34. The molecule has 0 aliphatic carbocycles. The number of benzene rings is 1. The fraction of sp³-hybridized carbons (Fsp3) is 0.0909. The summed E-state index contributed by atoms with van der Waals surface area (Å²) in [5, 5.41) is 4.00. The fourth-order valence-electron chi connectivity index (χ4n) is 1.37. The van der Waals surface area contributed by atoms with Crippen LogP contribution in [0.25, 0.3) is 0 Å². The Hall–Kier alpha value is -0.530. The second-order valence-corrected chi connectivity index (χ2v) is 6.02.